The van der Waals surface area contributed by atoms with Gasteiger partial charge in [-0.3, -0.25) is 0 Å². The number of rotatable bonds is 7. The Morgan fingerprint density at radius 2 is 2.11 bits per heavy atom. The van der Waals surface area contributed by atoms with E-state index in [-0.39, 0.29) is 6.03 Å². The molecule has 6 heteroatoms. The summed E-state index contributed by atoms with van der Waals surface area (Å²) in [5, 5.41) is 3.02. The van der Waals surface area contributed by atoms with E-state index in [2.05, 4.69) is 28.7 Å². The minimum atomic E-state index is 0.0152. The third-order valence-electron chi connectivity index (χ3n) is 5.23. The fourth-order valence-corrected chi connectivity index (χ4v) is 3.68. The largest absolute Gasteiger partial charge is 0.497 e. The van der Waals surface area contributed by atoms with Crippen molar-refractivity contribution in [1.29, 1.82) is 0 Å². The van der Waals surface area contributed by atoms with Gasteiger partial charge in [-0.1, -0.05) is 19.1 Å². The number of hydrogen-bond donors (Lipinski definition) is 1. The molecule has 1 aromatic carbocycles. The van der Waals surface area contributed by atoms with Crippen LogP contribution in [-0.4, -0.2) is 40.7 Å². The third kappa shape index (κ3) is 4.81. The van der Waals surface area contributed by atoms with Crippen LogP contribution in [0.15, 0.2) is 30.5 Å². The predicted octanol–water partition coefficient (Wildman–Crippen LogP) is 3.38. The summed E-state index contributed by atoms with van der Waals surface area (Å²) >= 11 is 0. The third-order valence-corrected chi connectivity index (χ3v) is 5.23. The predicted molar refractivity (Wildman–Crippen MR) is 106 cm³/mol. The number of nitrogens with zero attached hydrogens (tertiary/aromatic N) is 3. The number of aromatic nitrogens is 2. The SMILES string of the molecule is CCCn1c(C)cnc1CC1CCN(C(=O)NCc2ccc(OC)cc2)C1. The minimum Gasteiger partial charge on any atom is -0.497 e. The van der Waals surface area contributed by atoms with Crippen molar-refractivity contribution in [3.63, 3.8) is 0 Å². The molecule has 0 saturated carbocycles. The van der Waals surface area contributed by atoms with Gasteiger partial charge in [0.15, 0.2) is 0 Å². The summed E-state index contributed by atoms with van der Waals surface area (Å²) in [4.78, 5) is 19.0. The number of amides is 2. The van der Waals surface area contributed by atoms with Crippen LogP contribution >= 0.6 is 0 Å². The van der Waals surface area contributed by atoms with E-state index in [1.54, 1.807) is 7.11 Å². The van der Waals surface area contributed by atoms with Gasteiger partial charge < -0.3 is 19.5 Å². The first-order valence-corrected chi connectivity index (χ1v) is 9.77. The molecule has 2 heterocycles. The van der Waals surface area contributed by atoms with Gasteiger partial charge in [0.05, 0.1) is 7.11 Å². The Hall–Kier alpha value is -2.50. The molecule has 0 aliphatic carbocycles. The van der Waals surface area contributed by atoms with Crippen LogP contribution in [0.25, 0.3) is 0 Å². The number of nitrogens with one attached hydrogen (secondary N) is 1. The van der Waals surface area contributed by atoms with E-state index in [0.717, 1.165) is 56.0 Å². The highest BCUT2D eigenvalue weighted by Crippen LogP contribution is 2.21. The van der Waals surface area contributed by atoms with Crippen LogP contribution in [0.3, 0.4) is 0 Å². The Morgan fingerprint density at radius 3 is 2.81 bits per heavy atom. The molecule has 2 aromatic rings. The lowest BCUT2D eigenvalue weighted by atomic mass is 10.0. The van der Waals surface area contributed by atoms with E-state index in [0.29, 0.717) is 12.5 Å². The molecule has 1 fully saturated rings. The van der Waals surface area contributed by atoms with Gasteiger partial charge in [0, 0.05) is 44.5 Å². The van der Waals surface area contributed by atoms with Gasteiger partial charge in [0.1, 0.15) is 11.6 Å². The van der Waals surface area contributed by atoms with Gasteiger partial charge >= 0.3 is 6.03 Å². The van der Waals surface area contributed by atoms with Crippen molar-refractivity contribution < 1.29 is 9.53 Å². The number of aryl methyl sites for hydroxylation is 1. The highest BCUT2D eigenvalue weighted by molar-refractivity contribution is 5.74. The van der Waals surface area contributed by atoms with E-state index in [1.165, 1.54) is 5.69 Å². The Bertz CT molecular complexity index is 754. The molecule has 1 aromatic heterocycles. The molecule has 1 aliphatic heterocycles. The fraction of sp³-hybridized carbons (Fsp3) is 0.524. The number of urea groups is 1. The molecule has 0 bridgehead atoms. The van der Waals surface area contributed by atoms with Gasteiger partial charge in [-0.2, -0.15) is 0 Å². The summed E-state index contributed by atoms with van der Waals surface area (Å²) in [6.07, 6.45) is 5.04. The molecule has 1 atom stereocenters. The molecule has 0 spiro atoms. The van der Waals surface area contributed by atoms with Crippen LogP contribution in [-0.2, 0) is 19.5 Å². The molecule has 1 aliphatic rings. The Labute approximate surface area is 161 Å². The maximum absolute atomic E-state index is 12.5. The van der Waals surface area contributed by atoms with Crippen molar-refractivity contribution in [2.75, 3.05) is 20.2 Å². The van der Waals surface area contributed by atoms with Crippen LogP contribution < -0.4 is 10.1 Å². The maximum atomic E-state index is 12.5. The van der Waals surface area contributed by atoms with Crippen molar-refractivity contribution in [3.8, 4) is 5.75 Å². The number of imidazole rings is 1. The van der Waals surface area contributed by atoms with Crippen molar-refractivity contribution in [3.05, 3.63) is 47.5 Å². The summed E-state index contributed by atoms with van der Waals surface area (Å²) < 4.78 is 7.47. The lowest BCUT2D eigenvalue weighted by molar-refractivity contribution is 0.206. The number of benzene rings is 1. The van der Waals surface area contributed by atoms with Crippen LogP contribution in [0.5, 0.6) is 5.75 Å². The molecular formula is C21H30N4O2. The van der Waals surface area contributed by atoms with E-state index in [1.807, 2.05) is 35.4 Å². The van der Waals surface area contributed by atoms with Gasteiger partial charge in [-0.05, 0) is 43.4 Å². The smallest absolute Gasteiger partial charge is 0.317 e. The standard InChI is InChI=1S/C21H30N4O2/c1-4-10-25-16(2)13-22-20(25)12-18-9-11-24(15-18)21(26)23-14-17-5-7-19(27-3)8-6-17/h5-8,13,18H,4,9-12,14-15H2,1-3H3,(H,23,26). The number of methoxy groups -OCH3 is 1. The highest BCUT2D eigenvalue weighted by atomic mass is 16.5. The van der Waals surface area contributed by atoms with E-state index in [9.17, 15) is 4.79 Å². The van der Waals surface area contributed by atoms with E-state index < -0.39 is 0 Å². The Balaban J connectivity index is 1.49. The molecule has 1 saturated heterocycles. The number of ether oxygens (including phenoxy) is 1. The molecule has 1 unspecified atom stereocenters. The number of carbonyl (C=O) groups excluding carboxylic acids is 1. The Morgan fingerprint density at radius 1 is 1.33 bits per heavy atom. The quantitative estimate of drug-likeness (QED) is 0.813. The summed E-state index contributed by atoms with van der Waals surface area (Å²) in [6, 6.07) is 7.78. The Kier molecular flexibility index (Phi) is 6.37. The highest BCUT2D eigenvalue weighted by Gasteiger charge is 2.27. The summed E-state index contributed by atoms with van der Waals surface area (Å²) in [7, 11) is 1.65. The fourth-order valence-electron chi connectivity index (χ4n) is 3.68. The van der Waals surface area contributed by atoms with Gasteiger partial charge in [-0.25, -0.2) is 9.78 Å². The molecule has 1 N–H and O–H groups in total. The van der Waals surface area contributed by atoms with Crippen molar-refractivity contribution >= 4 is 6.03 Å². The first-order chi connectivity index (χ1) is 13.1. The van der Waals surface area contributed by atoms with Crippen molar-refractivity contribution in [2.24, 2.45) is 5.92 Å². The monoisotopic (exact) mass is 370 g/mol. The average Bonchev–Trinajstić information content (AvgIpc) is 3.29. The summed E-state index contributed by atoms with van der Waals surface area (Å²) in [6.45, 7) is 7.45. The summed E-state index contributed by atoms with van der Waals surface area (Å²) in [5.74, 6) is 2.46. The molecule has 2 amide bonds. The number of likely N-dealkylation sites (tertiary alicyclic amines) is 1. The topological polar surface area (TPSA) is 59.4 Å². The molecular weight excluding hydrogens is 340 g/mol. The van der Waals surface area contributed by atoms with Crippen molar-refractivity contribution in [1.82, 2.24) is 19.8 Å². The van der Waals surface area contributed by atoms with Crippen LogP contribution in [0.2, 0.25) is 0 Å². The van der Waals surface area contributed by atoms with Crippen LogP contribution in [0.1, 0.15) is 36.8 Å². The molecule has 146 valence electrons. The molecule has 6 nitrogen and oxygen atoms in total. The maximum Gasteiger partial charge on any atom is 0.317 e. The zero-order valence-electron chi connectivity index (χ0n) is 16.6. The van der Waals surface area contributed by atoms with Crippen LogP contribution in [0.4, 0.5) is 4.79 Å². The number of hydrogen-bond acceptors (Lipinski definition) is 3. The van der Waals surface area contributed by atoms with Crippen LogP contribution in [0, 0.1) is 12.8 Å². The van der Waals surface area contributed by atoms with Gasteiger partial charge in [0.2, 0.25) is 0 Å². The second-order valence-corrected chi connectivity index (χ2v) is 7.28. The van der Waals surface area contributed by atoms with E-state index in [4.69, 9.17) is 4.74 Å². The molecule has 3 rings (SSSR count). The lowest BCUT2D eigenvalue weighted by Crippen LogP contribution is -2.38. The first-order valence-electron chi connectivity index (χ1n) is 9.77. The minimum absolute atomic E-state index is 0.0152. The lowest BCUT2D eigenvalue weighted by Gasteiger charge is -2.18. The zero-order valence-corrected chi connectivity index (χ0v) is 16.6. The second kappa shape index (κ2) is 8.93. The molecule has 0 radical (unpaired) electrons. The zero-order chi connectivity index (χ0) is 19.2. The van der Waals surface area contributed by atoms with Gasteiger partial charge in [0.25, 0.3) is 0 Å². The normalized spacial score (nSPS) is 16.6. The average molecular weight is 370 g/mol. The van der Waals surface area contributed by atoms with Gasteiger partial charge in [-0.15, -0.1) is 0 Å². The second-order valence-electron chi connectivity index (χ2n) is 7.28. The molecule has 27 heavy (non-hydrogen) atoms. The first kappa shape index (κ1) is 19.3. The van der Waals surface area contributed by atoms with Crippen molar-refractivity contribution in [2.45, 2.75) is 46.2 Å². The summed E-state index contributed by atoms with van der Waals surface area (Å²) in [5.41, 5.74) is 2.29. The number of carbonyl (C=O) groups is 1. The van der Waals surface area contributed by atoms with E-state index >= 15 is 0 Å².